The molecule has 308 valence electrons. The van der Waals surface area contributed by atoms with Crippen molar-refractivity contribution in [2.24, 2.45) is 0 Å². The van der Waals surface area contributed by atoms with Gasteiger partial charge in [0.05, 0.1) is 19.8 Å². The number of aliphatic hydroxyl groups is 2. The van der Waals surface area contributed by atoms with Crippen LogP contribution in [0.1, 0.15) is 168 Å². The predicted molar refractivity (Wildman–Crippen MR) is 214 cm³/mol. The van der Waals surface area contributed by atoms with Crippen LogP contribution in [0.5, 0.6) is 0 Å². The molecule has 0 aliphatic carbocycles. The Bertz CT molecular complexity index is 1030. The Balaban J connectivity index is 4.40. The first-order chi connectivity index (χ1) is 25.7. The van der Waals surface area contributed by atoms with Crippen LogP contribution in [0.4, 0.5) is 0 Å². The van der Waals surface area contributed by atoms with Crippen molar-refractivity contribution in [1.29, 1.82) is 0 Å². The van der Waals surface area contributed by atoms with Crippen LogP contribution in [-0.4, -0.2) is 65.7 Å². The molecule has 0 saturated carbocycles. The van der Waals surface area contributed by atoms with Gasteiger partial charge < -0.3 is 24.6 Å². The minimum Gasteiger partial charge on any atom is -0.462 e. The lowest BCUT2D eigenvalue weighted by Gasteiger charge is -2.20. The van der Waals surface area contributed by atoms with Gasteiger partial charge in [0.2, 0.25) is 0 Å². The quantitative estimate of drug-likeness (QED) is 0.0240. The Morgan fingerprint density at radius 1 is 0.566 bits per heavy atom. The highest BCUT2D eigenvalue weighted by Crippen LogP contribution is 2.43. The number of allylic oxidation sites excluding steroid dienone is 8. The van der Waals surface area contributed by atoms with Crippen LogP contribution in [-0.2, 0) is 32.7 Å². The van der Waals surface area contributed by atoms with Gasteiger partial charge in [-0.1, -0.05) is 140 Å². The van der Waals surface area contributed by atoms with E-state index in [1.165, 1.54) is 51.4 Å². The van der Waals surface area contributed by atoms with Crippen molar-refractivity contribution >= 4 is 19.8 Å². The number of carbonyl (C=O) groups is 2. The summed E-state index contributed by atoms with van der Waals surface area (Å²) in [7, 11) is -4.62. The summed E-state index contributed by atoms with van der Waals surface area (Å²) in [6.45, 7) is 2.29. The molecule has 0 aliphatic heterocycles. The standard InChI is InChI=1S/C42H75O10P/c1-3-5-7-9-11-13-15-17-19-21-23-25-27-29-31-33-41(45)49-37-40(38-51-53(47,48)50-36-39(44)35-43)52-42(46)34-32-30-28-26-24-22-20-18-16-14-12-10-8-6-4-2/h13-20,39-40,43-44H,3-12,21-38H2,1-2H3,(H,47,48)/b15-13+,16-14+,19-17+,20-18+/t39-,40+/m0/s1. The smallest absolute Gasteiger partial charge is 0.462 e. The second-order valence-corrected chi connectivity index (χ2v) is 15.2. The van der Waals surface area contributed by atoms with Crippen LogP contribution in [0.2, 0.25) is 0 Å². The third kappa shape index (κ3) is 38.0. The van der Waals surface area contributed by atoms with Crippen molar-refractivity contribution in [3.8, 4) is 0 Å². The van der Waals surface area contributed by atoms with Gasteiger partial charge in [0.15, 0.2) is 6.10 Å². The first-order valence-corrected chi connectivity index (χ1v) is 22.1. The topological polar surface area (TPSA) is 149 Å². The van der Waals surface area contributed by atoms with Gasteiger partial charge in [-0.3, -0.25) is 18.6 Å². The fourth-order valence-corrected chi connectivity index (χ4v) is 6.06. The van der Waals surface area contributed by atoms with Gasteiger partial charge in [-0.15, -0.1) is 0 Å². The van der Waals surface area contributed by atoms with Crippen molar-refractivity contribution in [3.05, 3.63) is 48.6 Å². The summed E-state index contributed by atoms with van der Waals surface area (Å²) < 4.78 is 32.6. The van der Waals surface area contributed by atoms with Crippen LogP contribution < -0.4 is 0 Å². The number of hydrogen-bond acceptors (Lipinski definition) is 9. The van der Waals surface area contributed by atoms with E-state index in [-0.39, 0.29) is 19.4 Å². The van der Waals surface area contributed by atoms with E-state index >= 15 is 0 Å². The summed E-state index contributed by atoms with van der Waals surface area (Å²) in [5.74, 6) is -0.963. The molecular weight excluding hydrogens is 695 g/mol. The number of unbranched alkanes of at least 4 members (excludes halogenated alkanes) is 18. The van der Waals surface area contributed by atoms with E-state index in [1.807, 2.05) is 0 Å². The molecule has 0 aliphatic rings. The molecule has 0 heterocycles. The van der Waals surface area contributed by atoms with E-state index in [2.05, 4.69) is 67.0 Å². The number of ether oxygens (including phenoxy) is 2. The van der Waals surface area contributed by atoms with Crippen LogP contribution in [0, 0.1) is 0 Å². The minimum atomic E-state index is -4.62. The van der Waals surface area contributed by atoms with E-state index in [9.17, 15) is 24.2 Å². The summed E-state index contributed by atoms with van der Waals surface area (Å²) in [4.78, 5) is 34.9. The average molecular weight is 771 g/mol. The summed E-state index contributed by atoms with van der Waals surface area (Å²) in [5, 5.41) is 18.3. The van der Waals surface area contributed by atoms with Gasteiger partial charge in [0.1, 0.15) is 12.7 Å². The molecule has 0 fully saturated rings. The highest BCUT2D eigenvalue weighted by atomic mass is 31.2. The largest absolute Gasteiger partial charge is 0.472 e. The van der Waals surface area contributed by atoms with Gasteiger partial charge >= 0.3 is 19.8 Å². The molecule has 53 heavy (non-hydrogen) atoms. The number of rotatable bonds is 38. The van der Waals surface area contributed by atoms with Crippen molar-refractivity contribution in [2.75, 3.05) is 26.4 Å². The van der Waals surface area contributed by atoms with E-state index in [4.69, 9.17) is 19.1 Å². The normalized spacial score (nSPS) is 14.4. The first-order valence-electron chi connectivity index (χ1n) is 20.6. The van der Waals surface area contributed by atoms with Crippen molar-refractivity contribution in [3.63, 3.8) is 0 Å². The number of carbonyl (C=O) groups excluding carboxylic acids is 2. The highest BCUT2D eigenvalue weighted by molar-refractivity contribution is 7.47. The van der Waals surface area contributed by atoms with Gasteiger partial charge in [0.25, 0.3) is 0 Å². The maximum absolute atomic E-state index is 12.6. The SMILES string of the molecule is CCCCCC/C=C/C=C/CCCCCCCC(=O)OC[C@H](COP(=O)(O)OC[C@@H](O)CO)OC(=O)CCCCCCC/C=C/C=C/CCCCCC. The predicted octanol–water partition coefficient (Wildman–Crippen LogP) is 10.6. The third-order valence-electron chi connectivity index (χ3n) is 8.51. The fourth-order valence-electron chi connectivity index (χ4n) is 5.27. The molecule has 0 rings (SSSR count). The Labute approximate surface area is 322 Å². The summed E-state index contributed by atoms with van der Waals surface area (Å²) in [5.41, 5.74) is 0. The highest BCUT2D eigenvalue weighted by Gasteiger charge is 2.27. The summed E-state index contributed by atoms with van der Waals surface area (Å²) >= 11 is 0. The van der Waals surface area contributed by atoms with Crippen LogP contribution in [0.15, 0.2) is 48.6 Å². The Kier molecular flexibility index (Phi) is 36.7. The van der Waals surface area contributed by atoms with E-state index in [0.717, 1.165) is 77.0 Å². The number of aliphatic hydroxyl groups excluding tert-OH is 2. The number of esters is 2. The molecule has 0 aromatic carbocycles. The zero-order valence-corrected chi connectivity index (χ0v) is 34.1. The van der Waals surface area contributed by atoms with Crippen molar-refractivity contribution < 1.29 is 47.8 Å². The zero-order valence-electron chi connectivity index (χ0n) is 33.2. The molecule has 0 radical (unpaired) electrons. The van der Waals surface area contributed by atoms with Gasteiger partial charge in [-0.05, 0) is 64.2 Å². The average Bonchev–Trinajstić information content (AvgIpc) is 3.14. The summed E-state index contributed by atoms with van der Waals surface area (Å²) in [6, 6.07) is 0. The number of phosphoric acid groups is 1. The number of hydrogen-bond donors (Lipinski definition) is 3. The molecule has 3 N–H and O–H groups in total. The van der Waals surface area contributed by atoms with Gasteiger partial charge in [-0.25, -0.2) is 4.57 Å². The molecule has 3 atom stereocenters. The minimum absolute atomic E-state index is 0.162. The third-order valence-corrected chi connectivity index (χ3v) is 9.46. The van der Waals surface area contributed by atoms with E-state index in [1.54, 1.807) is 0 Å². The van der Waals surface area contributed by atoms with E-state index in [0.29, 0.717) is 12.8 Å². The second-order valence-electron chi connectivity index (χ2n) is 13.7. The molecule has 11 heteroatoms. The Morgan fingerprint density at radius 2 is 0.962 bits per heavy atom. The molecule has 0 aromatic heterocycles. The molecule has 0 aromatic rings. The first kappa shape index (κ1) is 50.9. The lowest BCUT2D eigenvalue weighted by atomic mass is 10.1. The molecule has 0 spiro atoms. The molecular formula is C42H75O10P. The molecule has 0 saturated heterocycles. The fraction of sp³-hybridized carbons (Fsp3) is 0.762. The lowest BCUT2D eigenvalue weighted by molar-refractivity contribution is -0.161. The molecule has 10 nitrogen and oxygen atoms in total. The lowest BCUT2D eigenvalue weighted by Crippen LogP contribution is -2.29. The molecule has 0 bridgehead atoms. The summed E-state index contributed by atoms with van der Waals surface area (Å²) in [6.07, 6.45) is 39.3. The van der Waals surface area contributed by atoms with Gasteiger partial charge in [-0.2, -0.15) is 0 Å². The van der Waals surface area contributed by atoms with Crippen LogP contribution in [0.25, 0.3) is 0 Å². The van der Waals surface area contributed by atoms with E-state index < -0.39 is 51.8 Å². The van der Waals surface area contributed by atoms with Crippen molar-refractivity contribution in [2.45, 2.75) is 180 Å². The van der Waals surface area contributed by atoms with Gasteiger partial charge in [0, 0.05) is 12.8 Å². The van der Waals surface area contributed by atoms with Crippen molar-refractivity contribution in [1.82, 2.24) is 0 Å². The molecule has 0 amide bonds. The number of phosphoric ester groups is 1. The second kappa shape index (κ2) is 38.2. The van der Waals surface area contributed by atoms with Crippen LogP contribution >= 0.6 is 7.82 Å². The van der Waals surface area contributed by atoms with Crippen LogP contribution in [0.3, 0.4) is 0 Å². The Morgan fingerprint density at radius 3 is 1.42 bits per heavy atom. The molecule has 1 unspecified atom stereocenters. The monoisotopic (exact) mass is 771 g/mol. The Hall–Kier alpha value is -2.07. The zero-order chi connectivity index (χ0) is 39.1. The maximum Gasteiger partial charge on any atom is 0.472 e. The maximum atomic E-state index is 12.6.